The van der Waals surface area contributed by atoms with Crippen LogP contribution in [0.3, 0.4) is 0 Å². The molecule has 0 bridgehead atoms. The van der Waals surface area contributed by atoms with Gasteiger partial charge in [0.05, 0.1) is 6.10 Å². The van der Waals surface area contributed by atoms with Crippen LogP contribution < -0.4 is 10.6 Å². The third kappa shape index (κ3) is 2.54. The number of anilines is 1. The number of pyridine rings is 1. The van der Waals surface area contributed by atoms with Gasteiger partial charge in [-0.05, 0) is 50.7 Å². The molecule has 0 radical (unpaired) electrons. The van der Waals surface area contributed by atoms with Gasteiger partial charge < -0.3 is 15.7 Å². The molecule has 3 rings (SSSR count). The Labute approximate surface area is 121 Å². The van der Waals surface area contributed by atoms with E-state index >= 15 is 0 Å². The van der Waals surface area contributed by atoms with Crippen LogP contribution in [0.1, 0.15) is 43.0 Å². The molecular weight excluding hydrogens is 250 g/mol. The number of nitrogens with zero attached hydrogens (tertiary/aromatic N) is 2. The van der Waals surface area contributed by atoms with Gasteiger partial charge in [0.2, 0.25) is 0 Å². The van der Waals surface area contributed by atoms with Crippen molar-refractivity contribution in [3.8, 4) is 0 Å². The zero-order valence-corrected chi connectivity index (χ0v) is 12.3. The number of rotatable bonds is 3. The molecule has 1 aliphatic carbocycles. The van der Waals surface area contributed by atoms with Crippen LogP contribution in [0, 0.1) is 5.92 Å². The second kappa shape index (κ2) is 5.70. The van der Waals surface area contributed by atoms with Crippen LogP contribution in [0.4, 0.5) is 5.82 Å². The largest absolute Gasteiger partial charge is 0.393 e. The average molecular weight is 275 g/mol. The molecule has 1 saturated heterocycles. The van der Waals surface area contributed by atoms with E-state index in [0.29, 0.717) is 12.5 Å². The minimum Gasteiger partial charge on any atom is -0.393 e. The zero-order chi connectivity index (χ0) is 14.1. The number of fused-ring (bicyclic) bond motifs is 1. The van der Waals surface area contributed by atoms with E-state index in [2.05, 4.69) is 11.0 Å². The molecule has 3 N–H and O–H groups in total. The quantitative estimate of drug-likeness (QED) is 0.880. The van der Waals surface area contributed by atoms with Crippen LogP contribution >= 0.6 is 0 Å². The van der Waals surface area contributed by atoms with E-state index in [-0.39, 0.29) is 6.10 Å². The number of aryl methyl sites for hydroxylation is 2. The standard InChI is InChI=1S/C16H25N3O/c1-11(20)13-6-7-19(10-13)16-14(9-17)8-12-4-2-3-5-15(12)18-16/h8,11,13,20H,2-7,9-10,17H2,1H3. The summed E-state index contributed by atoms with van der Waals surface area (Å²) in [7, 11) is 0. The smallest absolute Gasteiger partial charge is 0.133 e. The summed E-state index contributed by atoms with van der Waals surface area (Å²) in [6, 6.07) is 2.27. The maximum Gasteiger partial charge on any atom is 0.133 e. The number of hydrogen-bond acceptors (Lipinski definition) is 4. The Bertz CT molecular complexity index is 487. The molecule has 2 unspecified atom stereocenters. The maximum absolute atomic E-state index is 9.76. The van der Waals surface area contributed by atoms with Gasteiger partial charge in [0.15, 0.2) is 0 Å². The highest BCUT2D eigenvalue weighted by atomic mass is 16.3. The van der Waals surface area contributed by atoms with Gasteiger partial charge in [-0.15, -0.1) is 0 Å². The number of aliphatic hydroxyl groups excluding tert-OH is 1. The Morgan fingerprint density at radius 1 is 1.45 bits per heavy atom. The van der Waals surface area contributed by atoms with Gasteiger partial charge in [0, 0.05) is 36.8 Å². The van der Waals surface area contributed by atoms with Crippen molar-refractivity contribution in [1.82, 2.24) is 4.98 Å². The van der Waals surface area contributed by atoms with E-state index < -0.39 is 0 Å². The monoisotopic (exact) mass is 275 g/mol. The van der Waals surface area contributed by atoms with Crippen molar-refractivity contribution in [1.29, 1.82) is 0 Å². The highest BCUT2D eigenvalue weighted by Crippen LogP contribution is 2.30. The Morgan fingerprint density at radius 3 is 2.95 bits per heavy atom. The fourth-order valence-corrected chi connectivity index (χ4v) is 3.47. The predicted octanol–water partition coefficient (Wildman–Crippen LogP) is 1.63. The van der Waals surface area contributed by atoms with Crippen LogP contribution in [-0.2, 0) is 19.4 Å². The molecule has 0 saturated carbocycles. The number of aliphatic hydroxyl groups is 1. The van der Waals surface area contributed by atoms with Crippen molar-refractivity contribution in [3.63, 3.8) is 0 Å². The molecule has 2 aliphatic rings. The Balaban J connectivity index is 1.89. The normalized spacial score (nSPS) is 23.8. The molecule has 1 aromatic heterocycles. The minimum absolute atomic E-state index is 0.237. The van der Waals surface area contributed by atoms with Gasteiger partial charge in [-0.25, -0.2) is 4.98 Å². The first-order valence-corrected chi connectivity index (χ1v) is 7.83. The Hall–Kier alpha value is -1.13. The number of hydrogen-bond donors (Lipinski definition) is 2. The summed E-state index contributed by atoms with van der Waals surface area (Å²) in [4.78, 5) is 7.24. The molecular formula is C16H25N3O. The van der Waals surface area contributed by atoms with Crippen LogP contribution in [0.2, 0.25) is 0 Å². The molecule has 4 nitrogen and oxygen atoms in total. The summed E-state index contributed by atoms with van der Waals surface area (Å²) in [6.07, 6.45) is 5.57. The number of aromatic nitrogens is 1. The first kappa shape index (κ1) is 13.8. The first-order chi connectivity index (χ1) is 9.69. The maximum atomic E-state index is 9.76. The van der Waals surface area contributed by atoms with Crippen LogP contribution in [0.5, 0.6) is 0 Å². The molecule has 2 heterocycles. The van der Waals surface area contributed by atoms with Crippen molar-refractivity contribution in [2.45, 2.75) is 51.7 Å². The lowest BCUT2D eigenvalue weighted by Crippen LogP contribution is -2.27. The summed E-state index contributed by atoms with van der Waals surface area (Å²) >= 11 is 0. The van der Waals surface area contributed by atoms with Crippen molar-refractivity contribution >= 4 is 5.82 Å². The van der Waals surface area contributed by atoms with Crippen LogP contribution in [-0.4, -0.2) is 29.3 Å². The summed E-state index contributed by atoms with van der Waals surface area (Å²) in [5.74, 6) is 1.43. The molecule has 4 heteroatoms. The highest BCUT2D eigenvalue weighted by molar-refractivity contribution is 5.51. The van der Waals surface area contributed by atoms with E-state index in [9.17, 15) is 5.11 Å². The van der Waals surface area contributed by atoms with E-state index in [1.165, 1.54) is 24.1 Å². The molecule has 110 valence electrons. The summed E-state index contributed by atoms with van der Waals surface area (Å²) < 4.78 is 0. The van der Waals surface area contributed by atoms with Crippen molar-refractivity contribution < 1.29 is 5.11 Å². The summed E-state index contributed by atoms with van der Waals surface area (Å²) in [5, 5.41) is 9.76. The first-order valence-electron chi connectivity index (χ1n) is 7.83. The Morgan fingerprint density at radius 2 is 2.25 bits per heavy atom. The zero-order valence-electron chi connectivity index (χ0n) is 12.3. The summed E-state index contributed by atoms with van der Waals surface area (Å²) in [6.45, 7) is 4.31. The molecule has 0 spiro atoms. The number of nitrogens with two attached hydrogens (primary N) is 1. The summed E-state index contributed by atoms with van der Waals surface area (Å²) in [5.41, 5.74) is 9.76. The van der Waals surface area contributed by atoms with Crippen molar-refractivity contribution in [2.24, 2.45) is 11.7 Å². The van der Waals surface area contributed by atoms with Crippen molar-refractivity contribution in [3.05, 3.63) is 22.9 Å². The predicted molar refractivity (Wildman–Crippen MR) is 80.8 cm³/mol. The van der Waals surface area contributed by atoms with Gasteiger partial charge in [-0.3, -0.25) is 0 Å². The van der Waals surface area contributed by atoms with E-state index in [1.54, 1.807) is 0 Å². The molecule has 1 fully saturated rings. The van der Waals surface area contributed by atoms with Gasteiger partial charge >= 0.3 is 0 Å². The van der Waals surface area contributed by atoms with Crippen molar-refractivity contribution in [2.75, 3.05) is 18.0 Å². The lowest BCUT2D eigenvalue weighted by atomic mass is 9.94. The van der Waals surface area contributed by atoms with E-state index in [0.717, 1.165) is 43.7 Å². The van der Waals surface area contributed by atoms with Crippen LogP contribution in [0.15, 0.2) is 6.07 Å². The fraction of sp³-hybridized carbons (Fsp3) is 0.688. The molecule has 20 heavy (non-hydrogen) atoms. The molecule has 1 aliphatic heterocycles. The van der Waals surface area contributed by atoms with Gasteiger partial charge in [-0.2, -0.15) is 0 Å². The molecule has 0 amide bonds. The second-order valence-corrected chi connectivity index (χ2v) is 6.22. The van der Waals surface area contributed by atoms with Crippen LogP contribution in [0.25, 0.3) is 0 Å². The van der Waals surface area contributed by atoms with Gasteiger partial charge in [0.1, 0.15) is 5.82 Å². The van der Waals surface area contributed by atoms with Gasteiger partial charge in [-0.1, -0.05) is 0 Å². The third-order valence-electron chi connectivity index (χ3n) is 4.78. The highest BCUT2D eigenvalue weighted by Gasteiger charge is 2.28. The fourth-order valence-electron chi connectivity index (χ4n) is 3.47. The molecule has 0 aromatic carbocycles. The SMILES string of the molecule is CC(O)C1CCN(c2nc3c(cc2CN)CCCC3)C1. The lowest BCUT2D eigenvalue weighted by molar-refractivity contribution is 0.136. The van der Waals surface area contributed by atoms with Gasteiger partial charge in [0.25, 0.3) is 0 Å². The topological polar surface area (TPSA) is 62.4 Å². The molecule has 2 atom stereocenters. The van der Waals surface area contributed by atoms with E-state index in [4.69, 9.17) is 10.7 Å². The third-order valence-corrected chi connectivity index (χ3v) is 4.78. The average Bonchev–Trinajstić information content (AvgIpc) is 2.95. The second-order valence-electron chi connectivity index (χ2n) is 6.22. The Kier molecular flexibility index (Phi) is 3.94. The molecule has 1 aromatic rings. The van der Waals surface area contributed by atoms with E-state index in [1.807, 2.05) is 6.92 Å². The minimum atomic E-state index is -0.237. The lowest BCUT2D eigenvalue weighted by Gasteiger charge is -2.25.